The van der Waals surface area contributed by atoms with Crippen LogP contribution >= 0.6 is 0 Å². The van der Waals surface area contributed by atoms with E-state index in [9.17, 15) is 31.9 Å². The van der Waals surface area contributed by atoms with Gasteiger partial charge in [-0.05, 0) is 50.0 Å². The number of rotatable bonds is 7. The second-order valence-corrected chi connectivity index (χ2v) is 8.58. The molecular weight excluding hydrogens is 441 g/mol. The molecule has 0 aromatic heterocycles. The van der Waals surface area contributed by atoms with E-state index in [4.69, 9.17) is 0 Å². The molecular formula is C25H28F5NO2. The Bertz CT molecular complexity index is 940. The minimum Gasteiger partial charge on any atom is -0.481 e. The molecule has 33 heavy (non-hydrogen) atoms. The number of hydrogen-bond donors (Lipinski definition) is 1. The highest BCUT2D eigenvalue weighted by molar-refractivity contribution is 5.67. The number of allylic oxidation sites excluding steroid dienone is 2. The molecule has 1 N–H and O–H groups in total. The van der Waals surface area contributed by atoms with Gasteiger partial charge in [-0.1, -0.05) is 36.1 Å². The van der Waals surface area contributed by atoms with Crippen LogP contribution in [0.5, 0.6) is 0 Å². The van der Waals surface area contributed by atoms with E-state index in [1.807, 2.05) is 6.92 Å². The highest BCUT2D eigenvalue weighted by Gasteiger charge is 2.52. The number of piperidine rings is 1. The number of nitrogens with zero attached hydrogens (tertiary/aromatic N) is 1. The first-order valence-electron chi connectivity index (χ1n) is 10.6. The Balaban J connectivity index is 2.59. The Morgan fingerprint density at radius 3 is 2.33 bits per heavy atom. The van der Waals surface area contributed by atoms with E-state index in [0.29, 0.717) is 18.4 Å². The molecule has 0 saturated carbocycles. The number of likely N-dealkylation sites (tertiary alicyclic amines) is 1. The smallest absolute Gasteiger partial charge is 0.416 e. The summed E-state index contributed by atoms with van der Waals surface area (Å²) in [4.78, 5) is 13.2. The van der Waals surface area contributed by atoms with Crippen LogP contribution in [0.4, 0.5) is 22.0 Å². The van der Waals surface area contributed by atoms with Gasteiger partial charge in [-0.15, -0.1) is 6.58 Å². The molecule has 1 aromatic rings. The summed E-state index contributed by atoms with van der Waals surface area (Å²) in [7, 11) is 0. The normalized spacial score (nSPS) is 21.5. The molecule has 0 aliphatic carbocycles. The number of carboxylic acid groups (broad SMARTS) is 1. The zero-order chi connectivity index (χ0) is 25.0. The maximum absolute atomic E-state index is 15.0. The first-order chi connectivity index (χ1) is 15.2. The Kier molecular flexibility index (Phi) is 8.47. The molecule has 3 unspecified atom stereocenters. The van der Waals surface area contributed by atoms with Crippen molar-refractivity contribution in [3.05, 3.63) is 59.7 Å². The lowest BCUT2D eigenvalue weighted by Gasteiger charge is -2.47. The molecule has 3 nitrogen and oxygen atoms in total. The van der Waals surface area contributed by atoms with Crippen molar-refractivity contribution < 1.29 is 31.9 Å². The zero-order valence-electron chi connectivity index (χ0n) is 18.7. The lowest BCUT2D eigenvalue weighted by atomic mass is 9.78. The number of aliphatic carboxylic acids is 1. The third kappa shape index (κ3) is 7.16. The predicted octanol–water partition coefficient (Wildman–Crippen LogP) is 6.48. The number of carbonyl (C=O) groups is 1. The van der Waals surface area contributed by atoms with E-state index in [1.54, 1.807) is 11.8 Å². The van der Waals surface area contributed by atoms with Crippen LogP contribution in [0, 0.1) is 17.8 Å². The Hall–Kier alpha value is -2.66. The van der Waals surface area contributed by atoms with Crippen LogP contribution in [0.15, 0.2) is 48.6 Å². The van der Waals surface area contributed by atoms with E-state index < -0.39 is 54.5 Å². The van der Waals surface area contributed by atoms with E-state index in [2.05, 4.69) is 25.0 Å². The molecule has 0 bridgehead atoms. The van der Waals surface area contributed by atoms with Gasteiger partial charge in [0.2, 0.25) is 0 Å². The summed E-state index contributed by atoms with van der Waals surface area (Å²) in [5.74, 6) is -0.407. The largest absolute Gasteiger partial charge is 0.481 e. The average molecular weight is 469 g/mol. The average Bonchev–Trinajstić information content (AvgIpc) is 2.68. The third-order valence-corrected chi connectivity index (χ3v) is 5.66. The van der Waals surface area contributed by atoms with Crippen molar-refractivity contribution in [3.8, 4) is 11.8 Å². The van der Waals surface area contributed by atoms with Crippen molar-refractivity contribution in [1.29, 1.82) is 0 Å². The first kappa shape index (κ1) is 26.6. The topological polar surface area (TPSA) is 40.5 Å². The number of benzene rings is 1. The van der Waals surface area contributed by atoms with Crippen molar-refractivity contribution in [2.75, 3.05) is 6.54 Å². The molecule has 2 rings (SSSR count). The summed E-state index contributed by atoms with van der Waals surface area (Å²) in [5.41, 5.74) is 0.737. The van der Waals surface area contributed by atoms with Gasteiger partial charge in [-0.25, -0.2) is 8.78 Å². The lowest BCUT2D eigenvalue weighted by Crippen LogP contribution is -2.53. The molecule has 0 amide bonds. The van der Waals surface area contributed by atoms with Gasteiger partial charge < -0.3 is 5.11 Å². The Morgan fingerprint density at radius 1 is 1.24 bits per heavy atom. The maximum Gasteiger partial charge on any atom is 0.416 e. The fourth-order valence-corrected chi connectivity index (χ4v) is 4.07. The fraction of sp³-hybridized carbons (Fsp3) is 0.480. The molecule has 0 radical (unpaired) electrons. The van der Waals surface area contributed by atoms with Gasteiger partial charge in [-0.2, -0.15) is 13.2 Å². The molecule has 1 saturated heterocycles. The molecule has 8 heteroatoms. The molecule has 1 aliphatic heterocycles. The van der Waals surface area contributed by atoms with Gasteiger partial charge in [0.1, 0.15) is 0 Å². The van der Waals surface area contributed by atoms with Crippen LogP contribution in [0.3, 0.4) is 0 Å². The van der Waals surface area contributed by atoms with Gasteiger partial charge in [0.25, 0.3) is 5.92 Å². The lowest BCUT2D eigenvalue weighted by molar-refractivity contribution is -0.160. The monoisotopic (exact) mass is 469 g/mol. The number of hydrogen-bond acceptors (Lipinski definition) is 2. The number of carboxylic acids is 1. The van der Waals surface area contributed by atoms with Crippen molar-refractivity contribution in [3.63, 3.8) is 0 Å². The van der Waals surface area contributed by atoms with Crippen molar-refractivity contribution in [1.82, 2.24) is 4.90 Å². The zero-order valence-corrected chi connectivity index (χ0v) is 18.7. The summed E-state index contributed by atoms with van der Waals surface area (Å²) in [6.07, 6.45) is -4.95. The molecule has 1 heterocycles. The molecule has 1 aliphatic rings. The van der Waals surface area contributed by atoms with Crippen molar-refractivity contribution >= 4 is 5.97 Å². The van der Waals surface area contributed by atoms with Crippen LogP contribution in [0.1, 0.15) is 56.7 Å². The third-order valence-electron chi connectivity index (χ3n) is 5.66. The van der Waals surface area contributed by atoms with Crippen LogP contribution in [0.25, 0.3) is 0 Å². The first-order valence-corrected chi connectivity index (χ1v) is 10.6. The summed E-state index contributed by atoms with van der Waals surface area (Å²) in [5, 5.41) is 9.34. The maximum atomic E-state index is 15.0. The standard InChI is InChI=1S/C25H28F5NO2/c1-16(2)5-11-20(12-6-17(3)4)31-14-13-24(26,27)21(15-22(32)33)23(31)18-7-9-19(10-8-18)25(28,29)30/h7-10,20-21,23H,1,3,5,11,13-15H2,2,4H3,(H,32,33). The Morgan fingerprint density at radius 2 is 1.85 bits per heavy atom. The minimum atomic E-state index is -4.58. The van der Waals surface area contributed by atoms with E-state index in [0.717, 1.165) is 29.8 Å². The second kappa shape index (κ2) is 10.5. The molecule has 1 fully saturated rings. The van der Waals surface area contributed by atoms with Gasteiger partial charge in [0, 0.05) is 19.0 Å². The van der Waals surface area contributed by atoms with Gasteiger partial charge in [-0.3, -0.25) is 9.69 Å². The van der Waals surface area contributed by atoms with Crippen LogP contribution in [0.2, 0.25) is 0 Å². The van der Waals surface area contributed by atoms with E-state index in [1.165, 1.54) is 0 Å². The molecule has 180 valence electrons. The molecule has 1 aromatic carbocycles. The number of halogens is 5. The van der Waals surface area contributed by atoms with Crippen molar-refractivity contribution in [2.24, 2.45) is 5.92 Å². The minimum absolute atomic E-state index is 0.0828. The molecule has 3 atom stereocenters. The highest BCUT2D eigenvalue weighted by Crippen LogP contribution is 2.48. The van der Waals surface area contributed by atoms with Gasteiger partial charge in [0.05, 0.1) is 23.9 Å². The highest BCUT2D eigenvalue weighted by atomic mass is 19.4. The van der Waals surface area contributed by atoms with Crippen LogP contribution < -0.4 is 0 Å². The van der Waals surface area contributed by atoms with E-state index >= 15 is 0 Å². The summed E-state index contributed by atoms with van der Waals surface area (Å²) in [6, 6.07) is 2.32. The van der Waals surface area contributed by atoms with Gasteiger partial charge in [0.15, 0.2) is 0 Å². The van der Waals surface area contributed by atoms with Gasteiger partial charge >= 0.3 is 12.1 Å². The SMILES string of the molecule is C=C(C)C#CC(CCC(=C)C)N1CCC(F)(F)C(CC(=O)O)C1c1ccc(C(F)(F)F)cc1. The quantitative estimate of drug-likeness (QED) is 0.282. The summed E-state index contributed by atoms with van der Waals surface area (Å²) >= 11 is 0. The van der Waals surface area contributed by atoms with Crippen LogP contribution in [-0.4, -0.2) is 34.5 Å². The van der Waals surface area contributed by atoms with Crippen molar-refractivity contribution in [2.45, 2.75) is 63.7 Å². The fourth-order valence-electron chi connectivity index (χ4n) is 4.07. The number of alkyl halides is 5. The van der Waals surface area contributed by atoms with E-state index in [-0.39, 0.29) is 12.1 Å². The Labute approximate surface area is 191 Å². The van der Waals surface area contributed by atoms with Crippen LogP contribution in [-0.2, 0) is 11.0 Å². The predicted molar refractivity (Wildman–Crippen MR) is 117 cm³/mol. The molecule has 0 spiro atoms. The summed E-state index contributed by atoms with van der Waals surface area (Å²) in [6.45, 7) is 11.1. The summed E-state index contributed by atoms with van der Waals surface area (Å²) < 4.78 is 69.1. The second-order valence-electron chi connectivity index (χ2n) is 8.58.